The van der Waals surface area contributed by atoms with Crippen molar-refractivity contribution in [1.82, 2.24) is 29.3 Å². The van der Waals surface area contributed by atoms with Crippen LogP contribution in [-0.4, -0.2) is 90.0 Å². The highest BCUT2D eigenvalue weighted by Crippen LogP contribution is 2.09. The molecule has 2 heterocycles. The molecular formula is C16H32IN7O3S. The lowest BCUT2D eigenvalue weighted by Crippen LogP contribution is -2.54. The van der Waals surface area contributed by atoms with Crippen LogP contribution in [0.15, 0.2) is 4.99 Å². The van der Waals surface area contributed by atoms with Crippen LogP contribution in [-0.2, 0) is 28.4 Å². The average Bonchev–Trinajstić information content (AvgIpc) is 2.94. The summed E-state index contributed by atoms with van der Waals surface area (Å²) >= 11 is 0. The summed E-state index contributed by atoms with van der Waals surface area (Å²) in [4.78, 5) is 6.36. The van der Waals surface area contributed by atoms with Crippen molar-refractivity contribution in [3.05, 3.63) is 11.6 Å². The van der Waals surface area contributed by atoms with Crippen LogP contribution < -0.4 is 5.32 Å². The SMILES string of the molecule is CN=C(NCc1nnc(C)n1C)N1CCN(S(=O)(=O)CCOC(C)C)CC1.I. The van der Waals surface area contributed by atoms with Gasteiger partial charge in [0.2, 0.25) is 10.0 Å². The molecule has 0 amide bonds. The van der Waals surface area contributed by atoms with Gasteiger partial charge in [-0.15, -0.1) is 34.2 Å². The highest BCUT2D eigenvalue weighted by Gasteiger charge is 2.28. The molecule has 28 heavy (non-hydrogen) atoms. The number of hydrogen-bond donors (Lipinski definition) is 1. The highest BCUT2D eigenvalue weighted by atomic mass is 127. The van der Waals surface area contributed by atoms with E-state index in [4.69, 9.17) is 4.74 Å². The average molecular weight is 529 g/mol. The highest BCUT2D eigenvalue weighted by molar-refractivity contribution is 14.0. The molecule has 0 radical (unpaired) electrons. The van der Waals surface area contributed by atoms with Crippen molar-refractivity contribution in [3.63, 3.8) is 0 Å². The fourth-order valence-corrected chi connectivity index (χ4v) is 4.08. The molecule has 1 aliphatic heterocycles. The number of aromatic nitrogens is 3. The number of aliphatic imine (C=N–C) groups is 1. The first-order valence-electron chi connectivity index (χ1n) is 9.14. The van der Waals surface area contributed by atoms with Gasteiger partial charge in [-0.1, -0.05) is 0 Å². The predicted molar refractivity (Wildman–Crippen MR) is 119 cm³/mol. The summed E-state index contributed by atoms with van der Waals surface area (Å²) in [5, 5.41) is 11.4. The fraction of sp³-hybridized carbons (Fsp3) is 0.812. The summed E-state index contributed by atoms with van der Waals surface area (Å²) in [5.74, 6) is 2.42. The minimum absolute atomic E-state index is 0. The molecule has 0 bridgehead atoms. The largest absolute Gasteiger partial charge is 0.378 e. The second kappa shape index (κ2) is 11.3. The Labute approximate surface area is 184 Å². The molecule has 0 atom stereocenters. The Hall–Kier alpha value is -0.990. The Morgan fingerprint density at radius 1 is 1.25 bits per heavy atom. The Morgan fingerprint density at radius 3 is 2.39 bits per heavy atom. The molecule has 1 aromatic heterocycles. The molecule has 12 heteroatoms. The maximum absolute atomic E-state index is 12.4. The molecule has 1 aliphatic rings. The molecule has 0 unspecified atom stereocenters. The first kappa shape index (κ1) is 25.0. The number of ether oxygens (including phenoxy) is 1. The third-order valence-corrected chi connectivity index (χ3v) is 6.36. The first-order chi connectivity index (χ1) is 12.7. The number of halogens is 1. The Balaban J connectivity index is 0.00000392. The Kier molecular flexibility index (Phi) is 10.1. The third-order valence-electron chi connectivity index (χ3n) is 4.52. The van der Waals surface area contributed by atoms with Crippen molar-refractivity contribution in [3.8, 4) is 0 Å². The van der Waals surface area contributed by atoms with E-state index in [2.05, 4.69) is 25.4 Å². The van der Waals surface area contributed by atoms with Crippen LogP contribution in [0.1, 0.15) is 25.5 Å². The zero-order chi connectivity index (χ0) is 20.0. The topological polar surface area (TPSA) is 105 Å². The molecule has 0 spiro atoms. The van der Waals surface area contributed by atoms with Gasteiger partial charge in [-0.05, 0) is 20.8 Å². The summed E-state index contributed by atoms with van der Waals surface area (Å²) in [5.41, 5.74) is 0. The van der Waals surface area contributed by atoms with E-state index in [1.807, 2.05) is 32.4 Å². The summed E-state index contributed by atoms with van der Waals surface area (Å²) in [6.07, 6.45) is 0.0316. The van der Waals surface area contributed by atoms with Crippen molar-refractivity contribution >= 4 is 40.0 Å². The Bertz CT molecular complexity index is 743. The van der Waals surface area contributed by atoms with Gasteiger partial charge in [-0.3, -0.25) is 4.99 Å². The number of guanidine groups is 1. The van der Waals surface area contributed by atoms with Gasteiger partial charge in [0.15, 0.2) is 11.8 Å². The van der Waals surface area contributed by atoms with Crippen molar-refractivity contribution < 1.29 is 13.2 Å². The van der Waals surface area contributed by atoms with Gasteiger partial charge in [0.1, 0.15) is 5.82 Å². The predicted octanol–water partition coefficient (Wildman–Crippen LogP) is 0.189. The molecule has 1 aromatic rings. The normalized spacial score (nSPS) is 16.4. The smallest absolute Gasteiger partial charge is 0.216 e. The summed E-state index contributed by atoms with van der Waals surface area (Å²) in [7, 11) is 0.344. The molecule has 1 N–H and O–H groups in total. The van der Waals surface area contributed by atoms with Crippen LogP contribution in [0.4, 0.5) is 0 Å². The van der Waals surface area contributed by atoms with Gasteiger partial charge in [0, 0.05) is 40.3 Å². The third kappa shape index (κ3) is 6.81. The lowest BCUT2D eigenvalue weighted by Gasteiger charge is -2.35. The van der Waals surface area contributed by atoms with Crippen LogP contribution in [0.5, 0.6) is 0 Å². The molecule has 162 valence electrons. The van der Waals surface area contributed by atoms with Crippen LogP contribution in [0, 0.1) is 6.92 Å². The lowest BCUT2D eigenvalue weighted by molar-refractivity contribution is 0.0904. The minimum atomic E-state index is -3.29. The van der Waals surface area contributed by atoms with E-state index in [0.29, 0.717) is 32.7 Å². The summed E-state index contributed by atoms with van der Waals surface area (Å²) in [6, 6.07) is 0. The number of aryl methyl sites for hydroxylation is 1. The molecule has 1 fully saturated rings. The number of nitrogens with zero attached hydrogens (tertiary/aromatic N) is 6. The monoisotopic (exact) mass is 529 g/mol. The van der Waals surface area contributed by atoms with E-state index in [1.54, 1.807) is 7.05 Å². The number of hydrogen-bond acceptors (Lipinski definition) is 6. The van der Waals surface area contributed by atoms with E-state index in [1.165, 1.54) is 4.31 Å². The Morgan fingerprint density at radius 2 is 1.89 bits per heavy atom. The van der Waals surface area contributed by atoms with Gasteiger partial charge in [-0.25, -0.2) is 8.42 Å². The first-order valence-corrected chi connectivity index (χ1v) is 10.8. The molecule has 0 saturated carbocycles. The summed E-state index contributed by atoms with van der Waals surface area (Å²) < 4.78 is 33.7. The van der Waals surface area contributed by atoms with Gasteiger partial charge in [-0.2, -0.15) is 4.31 Å². The van der Waals surface area contributed by atoms with Crippen molar-refractivity contribution in [1.29, 1.82) is 0 Å². The standard InChI is InChI=1S/C16H31N7O3S.HI/c1-13(2)26-10-11-27(24,25)23-8-6-22(7-9-23)16(17-4)18-12-15-20-19-14(3)21(15)5;/h13H,6-12H2,1-5H3,(H,17,18);1H. The van der Waals surface area contributed by atoms with Crippen molar-refractivity contribution in [2.45, 2.75) is 33.4 Å². The quantitative estimate of drug-likeness (QED) is 0.306. The number of rotatable bonds is 7. The second-order valence-electron chi connectivity index (χ2n) is 6.74. The van der Waals surface area contributed by atoms with Crippen molar-refractivity contribution in [2.24, 2.45) is 12.0 Å². The van der Waals surface area contributed by atoms with E-state index in [0.717, 1.165) is 17.6 Å². The van der Waals surface area contributed by atoms with Crippen LogP contribution >= 0.6 is 24.0 Å². The molecule has 0 aliphatic carbocycles. The number of piperazine rings is 1. The van der Waals surface area contributed by atoms with Crippen LogP contribution in [0.25, 0.3) is 0 Å². The van der Waals surface area contributed by atoms with E-state index >= 15 is 0 Å². The lowest BCUT2D eigenvalue weighted by atomic mass is 10.4. The van der Waals surface area contributed by atoms with E-state index in [-0.39, 0.29) is 42.4 Å². The van der Waals surface area contributed by atoms with Gasteiger partial charge >= 0.3 is 0 Å². The van der Waals surface area contributed by atoms with Gasteiger partial charge in [0.25, 0.3) is 0 Å². The molecule has 10 nitrogen and oxygen atoms in total. The summed E-state index contributed by atoms with van der Waals surface area (Å²) in [6.45, 7) is 8.47. The minimum Gasteiger partial charge on any atom is -0.378 e. The molecule has 1 saturated heterocycles. The van der Waals surface area contributed by atoms with Gasteiger partial charge in [0.05, 0.1) is 25.0 Å². The molecule has 2 rings (SSSR count). The zero-order valence-electron chi connectivity index (χ0n) is 17.3. The fourth-order valence-electron chi connectivity index (χ4n) is 2.79. The van der Waals surface area contributed by atoms with E-state index in [9.17, 15) is 8.42 Å². The maximum Gasteiger partial charge on any atom is 0.216 e. The maximum atomic E-state index is 12.4. The second-order valence-corrected chi connectivity index (χ2v) is 8.83. The zero-order valence-corrected chi connectivity index (χ0v) is 20.4. The van der Waals surface area contributed by atoms with Gasteiger partial charge < -0.3 is 19.5 Å². The van der Waals surface area contributed by atoms with Crippen LogP contribution in [0.2, 0.25) is 0 Å². The van der Waals surface area contributed by atoms with Crippen LogP contribution in [0.3, 0.4) is 0 Å². The molecular weight excluding hydrogens is 497 g/mol. The molecule has 0 aromatic carbocycles. The number of sulfonamides is 1. The number of nitrogens with one attached hydrogen (secondary N) is 1. The van der Waals surface area contributed by atoms with Crippen molar-refractivity contribution in [2.75, 3.05) is 45.6 Å². The van der Waals surface area contributed by atoms with E-state index < -0.39 is 10.0 Å².